The molecule has 1 aliphatic heterocycles. The van der Waals surface area contributed by atoms with Gasteiger partial charge in [0.15, 0.2) is 0 Å². The first kappa shape index (κ1) is 11.3. The normalized spacial score (nSPS) is 21.1. The molecular formula is C10H17N5S. The molecule has 2 heterocycles. The molecule has 0 saturated carbocycles. The molecule has 1 aromatic rings. The lowest BCUT2D eigenvalue weighted by molar-refractivity contribution is 0.720. The molecule has 1 fully saturated rings. The molecule has 4 N–H and O–H groups in total. The summed E-state index contributed by atoms with van der Waals surface area (Å²) in [6.07, 6.45) is 1.18. The molecule has 0 spiro atoms. The van der Waals surface area contributed by atoms with Crippen molar-refractivity contribution in [1.29, 1.82) is 0 Å². The zero-order valence-corrected chi connectivity index (χ0v) is 10.2. The highest BCUT2D eigenvalue weighted by Crippen LogP contribution is 2.25. The summed E-state index contributed by atoms with van der Waals surface area (Å²) in [6, 6.07) is 1.79. The first-order valence-electron chi connectivity index (χ1n) is 5.45. The van der Waals surface area contributed by atoms with E-state index in [1.165, 1.54) is 6.42 Å². The third-order valence-electron chi connectivity index (χ3n) is 2.67. The summed E-state index contributed by atoms with van der Waals surface area (Å²) in [6.45, 7) is 4.22. The highest BCUT2D eigenvalue weighted by atomic mass is 32.2. The predicted octanol–water partition coefficient (Wildman–Crippen LogP) is 0.973. The van der Waals surface area contributed by atoms with Gasteiger partial charge >= 0.3 is 0 Å². The van der Waals surface area contributed by atoms with Crippen molar-refractivity contribution in [3.63, 3.8) is 0 Å². The summed E-state index contributed by atoms with van der Waals surface area (Å²) in [4.78, 5) is 10.3. The average Bonchev–Trinajstić information content (AvgIpc) is 2.28. The van der Waals surface area contributed by atoms with Crippen LogP contribution in [0, 0.1) is 0 Å². The van der Waals surface area contributed by atoms with Crippen molar-refractivity contribution in [1.82, 2.24) is 9.97 Å². The van der Waals surface area contributed by atoms with Crippen molar-refractivity contribution in [2.45, 2.75) is 18.6 Å². The van der Waals surface area contributed by atoms with Gasteiger partial charge in [0, 0.05) is 30.2 Å². The summed E-state index contributed by atoms with van der Waals surface area (Å²) < 4.78 is 0. The van der Waals surface area contributed by atoms with Crippen LogP contribution in [0.1, 0.15) is 13.3 Å². The van der Waals surface area contributed by atoms with Gasteiger partial charge in [-0.15, -0.1) is 0 Å². The summed E-state index contributed by atoms with van der Waals surface area (Å²) >= 11 is 2.02. The zero-order valence-electron chi connectivity index (χ0n) is 9.39. The van der Waals surface area contributed by atoms with E-state index in [-0.39, 0.29) is 5.95 Å². The topological polar surface area (TPSA) is 81.1 Å². The maximum atomic E-state index is 5.67. The SMILES string of the molecule is CCC1CN(c2cc(N)nc(N)n2)CCS1. The van der Waals surface area contributed by atoms with Crippen LogP contribution in [0.3, 0.4) is 0 Å². The molecule has 2 rings (SSSR count). The molecule has 1 unspecified atom stereocenters. The van der Waals surface area contributed by atoms with Crippen molar-refractivity contribution in [3.05, 3.63) is 6.07 Å². The molecule has 0 aromatic carbocycles. The Morgan fingerprint density at radius 1 is 1.50 bits per heavy atom. The molecule has 0 bridgehead atoms. The van der Waals surface area contributed by atoms with Gasteiger partial charge in [-0.1, -0.05) is 6.92 Å². The second-order valence-corrected chi connectivity index (χ2v) is 5.26. The van der Waals surface area contributed by atoms with Gasteiger partial charge in [0.25, 0.3) is 0 Å². The van der Waals surface area contributed by atoms with Crippen LogP contribution < -0.4 is 16.4 Å². The molecule has 0 radical (unpaired) electrons. The van der Waals surface area contributed by atoms with Gasteiger partial charge in [0.1, 0.15) is 11.6 Å². The van der Waals surface area contributed by atoms with Crippen LogP contribution in [-0.4, -0.2) is 34.1 Å². The highest BCUT2D eigenvalue weighted by molar-refractivity contribution is 8.00. The van der Waals surface area contributed by atoms with E-state index in [9.17, 15) is 0 Å². The number of hydrogen-bond donors (Lipinski definition) is 2. The summed E-state index contributed by atoms with van der Waals surface area (Å²) in [7, 11) is 0. The van der Waals surface area contributed by atoms with E-state index in [1.807, 2.05) is 11.8 Å². The predicted molar refractivity (Wildman–Crippen MR) is 69.6 cm³/mol. The maximum Gasteiger partial charge on any atom is 0.223 e. The minimum atomic E-state index is 0.251. The van der Waals surface area contributed by atoms with E-state index < -0.39 is 0 Å². The molecule has 16 heavy (non-hydrogen) atoms. The van der Waals surface area contributed by atoms with Crippen molar-refractivity contribution in [2.75, 3.05) is 35.2 Å². The van der Waals surface area contributed by atoms with Gasteiger partial charge in [0.05, 0.1) is 0 Å². The van der Waals surface area contributed by atoms with Crippen LogP contribution in [0.2, 0.25) is 0 Å². The Morgan fingerprint density at radius 2 is 2.31 bits per heavy atom. The summed E-state index contributed by atoms with van der Waals surface area (Å²) in [5.74, 6) is 2.67. The minimum absolute atomic E-state index is 0.251. The molecule has 0 aliphatic carbocycles. The maximum absolute atomic E-state index is 5.67. The smallest absolute Gasteiger partial charge is 0.223 e. The van der Waals surface area contributed by atoms with Crippen molar-refractivity contribution >= 4 is 29.3 Å². The van der Waals surface area contributed by atoms with Gasteiger partial charge in [-0.2, -0.15) is 21.7 Å². The van der Waals surface area contributed by atoms with Crippen molar-refractivity contribution in [3.8, 4) is 0 Å². The van der Waals surface area contributed by atoms with Gasteiger partial charge < -0.3 is 16.4 Å². The fourth-order valence-corrected chi connectivity index (χ4v) is 2.99. The van der Waals surface area contributed by atoms with Gasteiger partial charge in [0.2, 0.25) is 5.95 Å². The van der Waals surface area contributed by atoms with Crippen LogP contribution in [0.15, 0.2) is 6.07 Å². The number of anilines is 3. The van der Waals surface area contributed by atoms with E-state index in [0.717, 1.165) is 24.7 Å². The van der Waals surface area contributed by atoms with Crippen LogP contribution in [0.5, 0.6) is 0 Å². The Kier molecular flexibility index (Phi) is 3.38. The first-order valence-corrected chi connectivity index (χ1v) is 6.50. The van der Waals surface area contributed by atoms with Crippen LogP contribution in [0.25, 0.3) is 0 Å². The Bertz CT molecular complexity index is 350. The fraction of sp³-hybridized carbons (Fsp3) is 0.600. The van der Waals surface area contributed by atoms with E-state index in [4.69, 9.17) is 11.5 Å². The fourth-order valence-electron chi connectivity index (χ4n) is 1.81. The molecule has 88 valence electrons. The van der Waals surface area contributed by atoms with Gasteiger partial charge in [-0.25, -0.2) is 0 Å². The van der Waals surface area contributed by atoms with E-state index in [2.05, 4.69) is 21.8 Å². The highest BCUT2D eigenvalue weighted by Gasteiger charge is 2.20. The van der Waals surface area contributed by atoms with Crippen LogP contribution >= 0.6 is 11.8 Å². The molecule has 0 amide bonds. The lowest BCUT2D eigenvalue weighted by Gasteiger charge is -2.32. The molecule has 5 nitrogen and oxygen atoms in total. The first-order chi connectivity index (χ1) is 7.69. The molecule has 1 aromatic heterocycles. The quantitative estimate of drug-likeness (QED) is 0.800. The van der Waals surface area contributed by atoms with Crippen molar-refractivity contribution < 1.29 is 0 Å². The summed E-state index contributed by atoms with van der Waals surface area (Å²) in [5, 5.41) is 0.672. The average molecular weight is 239 g/mol. The Labute approximate surface area is 99.6 Å². The largest absolute Gasteiger partial charge is 0.383 e. The minimum Gasteiger partial charge on any atom is -0.383 e. The third kappa shape index (κ3) is 2.49. The van der Waals surface area contributed by atoms with Crippen LogP contribution in [-0.2, 0) is 0 Å². The molecular weight excluding hydrogens is 222 g/mol. The summed E-state index contributed by atoms with van der Waals surface area (Å²) in [5.41, 5.74) is 11.3. The molecule has 1 saturated heterocycles. The lowest BCUT2D eigenvalue weighted by Crippen LogP contribution is -2.38. The lowest BCUT2D eigenvalue weighted by atomic mass is 10.3. The Balaban J connectivity index is 2.16. The van der Waals surface area contributed by atoms with Gasteiger partial charge in [-0.3, -0.25) is 0 Å². The molecule has 6 heteroatoms. The number of hydrogen-bond acceptors (Lipinski definition) is 6. The second-order valence-electron chi connectivity index (χ2n) is 3.86. The van der Waals surface area contributed by atoms with Crippen LogP contribution in [0.4, 0.5) is 17.6 Å². The van der Waals surface area contributed by atoms with Gasteiger partial charge in [-0.05, 0) is 6.42 Å². The second kappa shape index (κ2) is 4.78. The zero-order chi connectivity index (χ0) is 11.5. The van der Waals surface area contributed by atoms with E-state index >= 15 is 0 Å². The third-order valence-corrected chi connectivity index (χ3v) is 4.04. The van der Waals surface area contributed by atoms with E-state index in [0.29, 0.717) is 11.1 Å². The number of nitrogens with zero attached hydrogens (tertiary/aromatic N) is 3. The number of rotatable bonds is 2. The number of nitrogens with two attached hydrogens (primary N) is 2. The van der Waals surface area contributed by atoms with Crippen molar-refractivity contribution in [2.24, 2.45) is 0 Å². The van der Waals surface area contributed by atoms with E-state index in [1.54, 1.807) is 6.07 Å². The molecule has 1 atom stereocenters. The number of thioether (sulfide) groups is 1. The number of aromatic nitrogens is 2. The molecule has 1 aliphatic rings. The monoisotopic (exact) mass is 239 g/mol. The Hall–Kier alpha value is -1.17. The Morgan fingerprint density at radius 3 is 3.00 bits per heavy atom. The number of nitrogen functional groups attached to an aromatic ring is 2. The standard InChI is InChI=1S/C10H17N5S/c1-2-7-6-15(3-4-16-7)9-5-8(11)13-10(12)14-9/h5,7H,2-4,6H2,1H3,(H4,11,12,13,14).